The van der Waals surface area contributed by atoms with Crippen LogP contribution in [0.15, 0.2) is 35.1 Å². The molecule has 0 bridgehead atoms. The van der Waals surface area contributed by atoms with Gasteiger partial charge in [0.05, 0.1) is 13.2 Å². The molecule has 0 amide bonds. The van der Waals surface area contributed by atoms with Crippen LogP contribution in [-0.2, 0) is 4.74 Å². The molecule has 110 valence electrons. The number of anilines is 4. The van der Waals surface area contributed by atoms with E-state index < -0.39 is 0 Å². The van der Waals surface area contributed by atoms with Gasteiger partial charge in [-0.2, -0.15) is 0 Å². The van der Waals surface area contributed by atoms with Gasteiger partial charge >= 0.3 is 0 Å². The quantitative estimate of drug-likeness (QED) is 0.885. The molecule has 3 N–H and O–H groups in total. The number of aromatic nitrogens is 2. The van der Waals surface area contributed by atoms with Crippen molar-refractivity contribution < 1.29 is 4.74 Å². The van der Waals surface area contributed by atoms with Crippen LogP contribution in [0.2, 0.25) is 0 Å². The second-order valence-electron chi connectivity index (χ2n) is 4.69. The maximum atomic E-state index is 5.74. The summed E-state index contributed by atoms with van der Waals surface area (Å²) >= 11 is 3.38. The van der Waals surface area contributed by atoms with Gasteiger partial charge in [0.15, 0.2) is 0 Å². The van der Waals surface area contributed by atoms with Gasteiger partial charge < -0.3 is 20.7 Å². The molecule has 1 aromatic carbocycles. The molecule has 21 heavy (non-hydrogen) atoms. The normalized spacial score (nSPS) is 15.0. The number of rotatable bonds is 3. The molecule has 3 rings (SSSR count). The third-order valence-corrected chi connectivity index (χ3v) is 4.10. The summed E-state index contributed by atoms with van der Waals surface area (Å²) in [6, 6.07) is 8.23. The van der Waals surface area contributed by atoms with Crippen LogP contribution in [0, 0.1) is 0 Å². The van der Waals surface area contributed by atoms with Crippen molar-refractivity contribution in [2.24, 2.45) is 0 Å². The van der Waals surface area contributed by atoms with Crippen LogP contribution in [0.1, 0.15) is 0 Å². The van der Waals surface area contributed by atoms with E-state index >= 15 is 0 Å². The van der Waals surface area contributed by atoms with E-state index in [1.807, 2.05) is 12.1 Å². The molecule has 0 saturated carbocycles. The molecule has 0 spiro atoms. The highest BCUT2D eigenvalue weighted by Crippen LogP contribution is 2.28. The van der Waals surface area contributed by atoms with Crippen LogP contribution < -0.4 is 16.0 Å². The van der Waals surface area contributed by atoms with Crippen molar-refractivity contribution >= 4 is 38.9 Å². The number of ether oxygens (including phenoxy) is 1. The highest BCUT2D eigenvalue weighted by molar-refractivity contribution is 9.10. The summed E-state index contributed by atoms with van der Waals surface area (Å²) < 4.78 is 6.03. The predicted octanol–water partition coefficient (Wildman–Crippen LogP) is 2.40. The van der Waals surface area contributed by atoms with Crippen LogP contribution in [-0.4, -0.2) is 36.3 Å². The minimum absolute atomic E-state index is 0.414. The zero-order chi connectivity index (χ0) is 14.7. The number of hydrogen-bond donors (Lipinski definition) is 2. The Balaban J connectivity index is 1.73. The summed E-state index contributed by atoms with van der Waals surface area (Å²) in [5, 5.41) is 3.22. The van der Waals surface area contributed by atoms with Crippen molar-refractivity contribution in [2.75, 3.05) is 42.3 Å². The van der Waals surface area contributed by atoms with Gasteiger partial charge in [-0.1, -0.05) is 0 Å². The van der Waals surface area contributed by atoms with Gasteiger partial charge in [0.1, 0.15) is 22.4 Å². The SMILES string of the molecule is Nc1ncnc(Nc2ccc(N3CCOCC3)cc2)c1Br. The number of nitrogens with two attached hydrogens (primary N) is 1. The van der Waals surface area contributed by atoms with Crippen molar-refractivity contribution in [3.63, 3.8) is 0 Å². The molecule has 2 aromatic rings. The number of morpholine rings is 1. The van der Waals surface area contributed by atoms with E-state index in [1.54, 1.807) is 0 Å². The largest absolute Gasteiger partial charge is 0.383 e. The van der Waals surface area contributed by atoms with Gasteiger partial charge in [-0.3, -0.25) is 0 Å². The van der Waals surface area contributed by atoms with Crippen LogP contribution in [0.5, 0.6) is 0 Å². The fourth-order valence-electron chi connectivity index (χ4n) is 2.18. The van der Waals surface area contributed by atoms with E-state index in [-0.39, 0.29) is 0 Å². The maximum Gasteiger partial charge on any atom is 0.150 e. The molecule has 1 saturated heterocycles. The lowest BCUT2D eigenvalue weighted by atomic mass is 10.2. The monoisotopic (exact) mass is 349 g/mol. The standard InChI is InChI=1S/C14H16BrN5O/c15-12-13(16)17-9-18-14(12)19-10-1-3-11(4-2-10)20-5-7-21-8-6-20/h1-4,9H,5-8H2,(H3,16,17,18,19). The molecular weight excluding hydrogens is 334 g/mol. The van der Waals surface area contributed by atoms with E-state index in [4.69, 9.17) is 10.5 Å². The second-order valence-corrected chi connectivity index (χ2v) is 5.49. The first-order valence-electron chi connectivity index (χ1n) is 6.70. The lowest BCUT2D eigenvalue weighted by Crippen LogP contribution is -2.36. The zero-order valence-electron chi connectivity index (χ0n) is 11.4. The van der Waals surface area contributed by atoms with Crippen molar-refractivity contribution in [3.05, 3.63) is 35.1 Å². The molecule has 0 unspecified atom stereocenters. The Morgan fingerprint density at radius 3 is 2.57 bits per heavy atom. The fourth-order valence-corrected chi connectivity index (χ4v) is 2.49. The Hall–Kier alpha value is -1.86. The number of benzene rings is 1. The van der Waals surface area contributed by atoms with Gasteiger partial charge in [0.2, 0.25) is 0 Å². The van der Waals surface area contributed by atoms with Crippen LogP contribution >= 0.6 is 15.9 Å². The Morgan fingerprint density at radius 1 is 1.14 bits per heavy atom. The maximum absolute atomic E-state index is 5.74. The lowest BCUT2D eigenvalue weighted by Gasteiger charge is -2.28. The van der Waals surface area contributed by atoms with Gasteiger partial charge in [0.25, 0.3) is 0 Å². The van der Waals surface area contributed by atoms with E-state index in [0.717, 1.165) is 32.0 Å². The summed E-state index contributed by atoms with van der Waals surface area (Å²) in [6.45, 7) is 3.43. The molecule has 1 aromatic heterocycles. The Morgan fingerprint density at radius 2 is 1.86 bits per heavy atom. The third kappa shape index (κ3) is 3.25. The zero-order valence-corrected chi connectivity index (χ0v) is 13.0. The molecule has 7 heteroatoms. The number of nitrogen functional groups attached to an aromatic ring is 1. The molecule has 6 nitrogen and oxygen atoms in total. The van der Waals surface area contributed by atoms with Crippen LogP contribution in [0.25, 0.3) is 0 Å². The van der Waals surface area contributed by atoms with Gasteiger partial charge in [0, 0.05) is 24.5 Å². The number of halogens is 1. The van der Waals surface area contributed by atoms with E-state index in [9.17, 15) is 0 Å². The lowest BCUT2D eigenvalue weighted by molar-refractivity contribution is 0.122. The molecule has 0 radical (unpaired) electrons. The minimum atomic E-state index is 0.414. The summed E-state index contributed by atoms with van der Waals surface area (Å²) in [6.07, 6.45) is 1.44. The second kappa shape index (κ2) is 6.28. The Labute approximate surface area is 131 Å². The highest BCUT2D eigenvalue weighted by atomic mass is 79.9. The van der Waals surface area contributed by atoms with E-state index in [0.29, 0.717) is 16.1 Å². The topological polar surface area (TPSA) is 76.3 Å². The average Bonchev–Trinajstić information content (AvgIpc) is 2.53. The van der Waals surface area contributed by atoms with Crippen LogP contribution in [0.4, 0.5) is 23.0 Å². The number of nitrogens with one attached hydrogen (secondary N) is 1. The first-order chi connectivity index (χ1) is 10.2. The molecule has 0 atom stereocenters. The molecule has 2 heterocycles. The summed E-state index contributed by atoms with van der Waals surface area (Å²) in [5.41, 5.74) is 7.89. The summed E-state index contributed by atoms with van der Waals surface area (Å²) in [4.78, 5) is 10.4. The Kier molecular flexibility index (Phi) is 4.21. The van der Waals surface area contributed by atoms with Gasteiger partial charge in [-0.25, -0.2) is 9.97 Å². The number of nitrogens with zero attached hydrogens (tertiary/aromatic N) is 3. The highest BCUT2D eigenvalue weighted by Gasteiger charge is 2.11. The van der Waals surface area contributed by atoms with Gasteiger partial charge in [-0.15, -0.1) is 0 Å². The van der Waals surface area contributed by atoms with Gasteiger partial charge in [-0.05, 0) is 40.2 Å². The molecule has 1 aliphatic heterocycles. The molecule has 1 aliphatic rings. The summed E-state index contributed by atoms with van der Waals surface area (Å²) in [7, 11) is 0. The van der Waals surface area contributed by atoms with Crippen LogP contribution in [0.3, 0.4) is 0 Å². The van der Waals surface area contributed by atoms with E-state index in [2.05, 4.69) is 48.2 Å². The minimum Gasteiger partial charge on any atom is -0.383 e. The van der Waals surface area contributed by atoms with E-state index in [1.165, 1.54) is 12.0 Å². The predicted molar refractivity (Wildman–Crippen MR) is 86.9 cm³/mol. The number of hydrogen-bond acceptors (Lipinski definition) is 6. The first-order valence-corrected chi connectivity index (χ1v) is 7.49. The fraction of sp³-hybridized carbons (Fsp3) is 0.286. The molecular formula is C14H16BrN5O. The van der Waals surface area contributed by atoms with Crippen molar-refractivity contribution in [1.82, 2.24) is 9.97 Å². The Bertz CT molecular complexity index is 613. The molecule has 1 fully saturated rings. The van der Waals surface area contributed by atoms with Crippen molar-refractivity contribution in [3.8, 4) is 0 Å². The van der Waals surface area contributed by atoms with Crippen molar-refractivity contribution in [1.29, 1.82) is 0 Å². The summed E-state index contributed by atoms with van der Waals surface area (Å²) in [5.74, 6) is 1.07. The average molecular weight is 350 g/mol. The first kappa shape index (κ1) is 14.1. The third-order valence-electron chi connectivity index (χ3n) is 3.32. The smallest absolute Gasteiger partial charge is 0.150 e. The van der Waals surface area contributed by atoms with Crippen molar-refractivity contribution in [2.45, 2.75) is 0 Å². The molecule has 0 aliphatic carbocycles.